The lowest BCUT2D eigenvalue weighted by molar-refractivity contribution is 0.550. The molecule has 0 aromatic carbocycles. The second-order valence-electron chi connectivity index (χ2n) is 3.18. The number of hydrogen-bond donors (Lipinski definition) is 0. The summed E-state index contributed by atoms with van der Waals surface area (Å²) in [7, 11) is 0. The van der Waals surface area contributed by atoms with Crippen LogP contribution >= 0.6 is 0 Å². The van der Waals surface area contributed by atoms with Gasteiger partial charge < -0.3 is 0 Å². The van der Waals surface area contributed by atoms with Crippen LogP contribution in [0.25, 0.3) is 0 Å². The molecule has 1 rings (SSSR count). The fourth-order valence-electron chi connectivity index (χ4n) is 1.08. The Labute approximate surface area is 78.5 Å². The van der Waals surface area contributed by atoms with Gasteiger partial charge in [-0.15, -0.1) is 0 Å². The summed E-state index contributed by atoms with van der Waals surface area (Å²) in [5, 5.41) is 8.75. The van der Waals surface area contributed by atoms with Crippen LogP contribution in [0.4, 0.5) is 0 Å². The smallest absolute Gasteiger partial charge is 0.161 e. The Bertz CT molecular complexity index is 314. The topological polar surface area (TPSA) is 49.6 Å². The molecule has 1 aromatic heterocycles. The van der Waals surface area contributed by atoms with Crippen LogP contribution < -0.4 is 0 Å². The van der Waals surface area contributed by atoms with Gasteiger partial charge in [-0.2, -0.15) is 5.26 Å². The second kappa shape index (κ2) is 4.56. The Morgan fingerprint density at radius 2 is 2.15 bits per heavy atom. The molecule has 1 aromatic rings. The number of nitrogens with zero attached hydrogens (tertiary/aromatic N) is 3. The fraction of sp³-hybridized carbons (Fsp3) is 0.500. The zero-order valence-electron chi connectivity index (χ0n) is 7.99. The van der Waals surface area contributed by atoms with Crippen molar-refractivity contribution >= 4 is 0 Å². The number of nitriles is 1. The maximum Gasteiger partial charge on any atom is 0.161 e. The molecule has 1 atom stereocenters. The molecule has 0 aliphatic carbocycles. The van der Waals surface area contributed by atoms with Crippen LogP contribution in [0.15, 0.2) is 12.4 Å². The highest BCUT2D eigenvalue weighted by Crippen LogP contribution is 2.10. The molecule has 0 bridgehead atoms. The molecule has 3 heteroatoms. The predicted octanol–water partition coefficient (Wildman–Crippen LogP) is 1.94. The first kappa shape index (κ1) is 9.66. The van der Waals surface area contributed by atoms with E-state index >= 15 is 0 Å². The first-order chi connectivity index (χ1) is 6.27. The van der Waals surface area contributed by atoms with Gasteiger partial charge in [-0.25, -0.2) is 4.98 Å². The van der Waals surface area contributed by atoms with E-state index in [-0.39, 0.29) is 0 Å². The number of hydrogen-bond acceptors (Lipinski definition) is 3. The van der Waals surface area contributed by atoms with Gasteiger partial charge in [0.25, 0.3) is 0 Å². The third-order valence-corrected chi connectivity index (χ3v) is 2.12. The van der Waals surface area contributed by atoms with E-state index in [9.17, 15) is 0 Å². The molecule has 0 aliphatic heterocycles. The van der Waals surface area contributed by atoms with Gasteiger partial charge in [0.2, 0.25) is 0 Å². The van der Waals surface area contributed by atoms with Crippen molar-refractivity contribution in [1.82, 2.24) is 9.97 Å². The molecule has 0 amide bonds. The summed E-state index contributed by atoms with van der Waals surface area (Å²) in [6, 6.07) is 2.05. The third kappa shape index (κ3) is 2.51. The largest absolute Gasteiger partial charge is 0.257 e. The van der Waals surface area contributed by atoms with Crippen LogP contribution in [0, 0.1) is 17.2 Å². The van der Waals surface area contributed by atoms with Crippen molar-refractivity contribution in [2.45, 2.75) is 26.7 Å². The zero-order chi connectivity index (χ0) is 9.68. The van der Waals surface area contributed by atoms with Gasteiger partial charge in [-0.3, -0.25) is 4.98 Å². The van der Waals surface area contributed by atoms with E-state index in [0.717, 1.165) is 18.5 Å². The second-order valence-corrected chi connectivity index (χ2v) is 3.18. The van der Waals surface area contributed by atoms with Crippen molar-refractivity contribution in [3.05, 3.63) is 23.8 Å². The molecular formula is C10H13N3. The van der Waals surface area contributed by atoms with E-state index in [1.807, 2.05) is 0 Å². The summed E-state index contributed by atoms with van der Waals surface area (Å²) in [4.78, 5) is 8.11. The Hall–Kier alpha value is -1.43. The van der Waals surface area contributed by atoms with Crippen LogP contribution in [0.3, 0.4) is 0 Å². The first-order valence-corrected chi connectivity index (χ1v) is 4.48. The van der Waals surface area contributed by atoms with Gasteiger partial charge in [-0.1, -0.05) is 20.3 Å². The molecule has 0 saturated carbocycles. The summed E-state index contributed by atoms with van der Waals surface area (Å²) >= 11 is 0. The average molecular weight is 175 g/mol. The van der Waals surface area contributed by atoms with Gasteiger partial charge in [0.05, 0.1) is 5.69 Å². The minimum absolute atomic E-state index is 0.461. The standard InChI is InChI=1S/C10H13N3/c1-3-8(2)6-9-10(7-11)13-5-4-12-9/h4-5,8H,3,6H2,1-2H3. The summed E-state index contributed by atoms with van der Waals surface area (Å²) in [6.07, 6.45) is 5.13. The highest BCUT2D eigenvalue weighted by atomic mass is 14.8. The van der Waals surface area contributed by atoms with Gasteiger partial charge in [0, 0.05) is 12.4 Å². The maximum absolute atomic E-state index is 8.75. The molecule has 0 N–H and O–H groups in total. The highest BCUT2D eigenvalue weighted by Gasteiger charge is 2.07. The molecule has 0 fully saturated rings. The molecule has 3 nitrogen and oxygen atoms in total. The summed E-state index contributed by atoms with van der Waals surface area (Å²) in [5.74, 6) is 0.559. The molecule has 0 aliphatic rings. The summed E-state index contributed by atoms with van der Waals surface area (Å²) in [5.41, 5.74) is 1.28. The normalized spacial score (nSPS) is 12.1. The zero-order valence-corrected chi connectivity index (χ0v) is 7.99. The van der Waals surface area contributed by atoms with Crippen LogP contribution in [-0.2, 0) is 6.42 Å². The van der Waals surface area contributed by atoms with E-state index < -0.39 is 0 Å². The third-order valence-electron chi connectivity index (χ3n) is 2.12. The van der Waals surface area contributed by atoms with E-state index in [4.69, 9.17) is 5.26 Å². The molecule has 13 heavy (non-hydrogen) atoms. The van der Waals surface area contributed by atoms with Gasteiger partial charge >= 0.3 is 0 Å². The van der Waals surface area contributed by atoms with Crippen LogP contribution in [-0.4, -0.2) is 9.97 Å². The Morgan fingerprint density at radius 3 is 2.77 bits per heavy atom. The molecule has 0 spiro atoms. The highest BCUT2D eigenvalue weighted by molar-refractivity contribution is 5.24. The number of aromatic nitrogens is 2. The van der Waals surface area contributed by atoms with E-state index in [2.05, 4.69) is 29.9 Å². The van der Waals surface area contributed by atoms with Gasteiger partial charge in [0.1, 0.15) is 6.07 Å². The van der Waals surface area contributed by atoms with Gasteiger partial charge in [0.15, 0.2) is 5.69 Å². The summed E-state index contributed by atoms with van der Waals surface area (Å²) < 4.78 is 0. The Balaban J connectivity index is 2.82. The molecule has 1 heterocycles. The minimum Gasteiger partial charge on any atom is -0.257 e. The molecule has 0 saturated heterocycles. The van der Waals surface area contributed by atoms with E-state index in [0.29, 0.717) is 11.6 Å². The van der Waals surface area contributed by atoms with Crippen LogP contribution in [0.5, 0.6) is 0 Å². The van der Waals surface area contributed by atoms with Crippen molar-refractivity contribution in [2.75, 3.05) is 0 Å². The Kier molecular flexibility index (Phi) is 3.39. The van der Waals surface area contributed by atoms with Crippen LogP contribution in [0.2, 0.25) is 0 Å². The monoisotopic (exact) mass is 175 g/mol. The van der Waals surface area contributed by atoms with Gasteiger partial charge in [-0.05, 0) is 12.3 Å². The first-order valence-electron chi connectivity index (χ1n) is 4.48. The maximum atomic E-state index is 8.75. The summed E-state index contributed by atoms with van der Waals surface area (Å²) in [6.45, 7) is 4.28. The lowest BCUT2D eigenvalue weighted by Crippen LogP contribution is -2.03. The minimum atomic E-state index is 0.461. The fourth-order valence-corrected chi connectivity index (χ4v) is 1.08. The van der Waals surface area contributed by atoms with Crippen LogP contribution in [0.1, 0.15) is 31.7 Å². The van der Waals surface area contributed by atoms with Crippen molar-refractivity contribution in [3.63, 3.8) is 0 Å². The molecule has 0 radical (unpaired) electrons. The van der Waals surface area contributed by atoms with E-state index in [1.54, 1.807) is 12.4 Å². The Morgan fingerprint density at radius 1 is 1.46 bits per heavy atom. The quantitative estimate of drug-likeness (QED) is 0.705. The SMILES string of the molecule is CCC(C)Cc1nccnc1C#N. The number of rotatable bonds is 3. The van der Waals surface area contributed by atoms with Crippen molar-refractivity contribution in [3.8, 4) is 6.07 Å². The lowest BCUT2D eigenvalue weighted by Gasteiger charge is -2.07. The predicted molar refractivity (Wildman–Crippen MR) is 49.9 cm³/mol. The molecule has 1 unspecified atom stereocenters. The van der Waals surface area contributed by atoms with E-state index in [1.165, 1.54) is 0 Å². The van der Waals surface area contributed by atoms with Crippen molar-refractivity contribution in [1.29, 1.82) is 5.26 Å². The lowest BCUT2D eigenvalue weighted by atomic mass is 10.0. The average Bonchev–Trinajstić information content (AvgIpc) is 2.18. The molecular weight excluding hydrogens is 162 g/mol. The molecule has 68 valence electrons. The van der Waals surface area contributed by atoms with Crippen molar-refractivity contribution < 1.29 is 0 Å². The van der Waals surface area contributed by atoms with Crippen molar-refractivity contribution in [2.24, 2.45) is 5.92 Å².